The Morgan fingerprint density at radius 3 is 2.58 bits per heavy atom. The minimum atomic E-state index is -0.861. The summed E-state index contributed by atoms with van der Waals surface area (Å²) in [7, 11) is 0. The van der Waals surface area contributed by atoms with Gasteiger partial charge in [-0.1, -0.05) is 20.8 Å². The maximum atomic E-state index is 11.6. The molecule has 1 fully saturated rings. The minimum absolute atomic E-state index is 0.263. The molecule has 5 nitrogen and oxygen atoms in total. The van der Waals surface area contributed by atoms with Crippen LogP contribution in [0.15, 0.2) is 0 Å². The molecule has 0 aromatic carbocycles. The lowest BCUT2D eigenvalue weighted by molar-refractivity contribution is -0.143. The highest BCUT2D eigenvalue weighted by Gasteiger charge is 2.41. The number of aromatic nitrogens is 2. The molecule has 2 rings (SSSR count). The Hall–Kier alpha value is -1.17. The van der Waals surface area contributed by atoms with Crippen molar-refractivity contribution in [2.75, 3.05) is 5.32 Å². The molecule has 1 aromatic rings. The molecule has 106 valence electrons. The van der Waals surface area contributed by atoms with Gasteiger partial charge in [-0.15, -0.1) is 0 Å². The number of nitrogens with zero attached hydrogens (tertiary/aromatic N) is 2. The Kier molecular flexibility index (Phi) is 4.08. The zero-order valence-electron chi connectivity index (χ0n) is 11.6. The highest BCUT2D eigenvalue weighted by Crippen LogP contribution is 2.35. The smallest absolute Gasteiger partial charge is 0.329 e. The fourth-order valence-corrected chi connectivity index (χ4v) is 3.18. The molecule has 0 amide bonds. The first-order chi connectivity index (χ1) is 8.93. The van der Waals surface area contributed by atoms with Gasteiger partial charge in [0, 0.05) is 17.5 Å². The van der Waals surface area contributed by atoms with Gasteiger partial charge in [-0.25, -0.2) is 9.78 Å². The molecule has 1 saturated carbocycles. The number of hydrogen-bond acceptors (Lipinski definition) is 5. The first kappa shape index (κ1) is 14.2. The third-order valence-corrected chi connectivity index (χ3v) is 4.49. The monoisotopic (exact) mass is 283 g/mol. The standard InChI is InChI=1S/C13H21N3O2S/c1-8(2)10-14-12(19-16-10)15-13(11(17)18)6-4-9(3)5-7-13/h8-9H,4-7H2,1-3H3,(H,17,18)(H,14,15,16). The fourth-order valence-electron chi connectivity index (χ4n) is 2.37. The van der Waals surface area contributed by atoms with Gasteiger partial charge in [0.15, 0.2) is 0 Å². The third-order valence-electron chi connectivity index (χ3n) is 3.84. The Labute approximate surface area is 117 Å². The molecule has 0 spiro atoms. The van der Waals surface area contributed by atoms with Crippen LogP contribution in [0.3, 0.4) is 0 Å². The zero-order chi connectivity index (χ0) is 14.0. The van der Waals surface area contributed by atoms with Crippen molar-refractivity contribution >= 4 is 22.6 Å². The highest BCUT2D eigenvalue weighted by atomic mass is 32.1. The SMILES string of the molecule is CC1CCC(Nc2nc(C(C)C)ns2)(C(=O)O)CC1. The number of nitrogens with one attached hydrogen (secondary N) is 1. The van der Waals surface area contributed by atoms with E-state index in [9.17, 15) is 9.90 Å². The normalized spacial score (nSPS) is 27.5. The summed E-state index contributed by atoms with van der Waals surface area (Å²) in [6, 6.07) is 0. The molecular weight excluding hydrogens is 262 g/mol. The lowest BCUT2D eigenvalue weighted by Gasteiger charge is -2.36. The Bertz CT molecular complexity index is 450. The molecular formula is C13H21N3O2S. The molecule has 1 heterocycles. The van der Waals surface area contributed by atoms with Crippen LogP contribution in [0.2, 0.25) is 0 Å². The van der Waals surface area contributed by atoms with E-state index in [2.05, 4.69) is 21.6 Å². The van der Waals surface area contributed by atoms with Gasteiger partial charge in [0.1, 0.15) is 11.4 Å². The van der Waals surface area contributed by atoms with Gasteiger partial charge in [0.2, 0.25) is 5.13 Å². The number of carboxylic acids is 1. The molecule has 2 N–H and O–H groups in total. The maximum Gasteiger partial charge on any atom is 0.329 e. The molecule has 1 aromatic heterocycles. The second-order valence-electron chi connectivity index (χ2n) is 5.81. The Balaban J connectivity index is 2.14. The van der Waals surface area contributed by atoms with E-state index in [-0.39, 0.29) is 5.92 Å². The number of anilines is 1. The van der Waals surface area contributed by atoms with Gasteiger partial charge in [0.25, 0.3) is 0 Å². The van der Waals surface area contributed by atoms with Crippen LogP contribution in [-0.4, -0.2) is 26.0 Å². The maximum absolute atomic E-state index is 11.6. The number of aliphatic carboxylic acids is 1. The summed E-state index contributed by atoms with van der Waals surface area (Å²) in [5.74, 6) is 0.867. The van der Waals surface area contributed by atoms with Gasteiger partial charge >= 0.3 is 5.97 Å². The minimum Gasteiger partial charge on any atom is -0.480 e. The van der Waals surface area contributed by atoms with E-state index in [0.717, 1.165) is 18.7 Å². The zero-order valence-corrected chi connectivity index (χ0v) is 12.5. The van der Waals surface area contributed by atoms with E-state index in [0.29, 0.717) is 23.9 Å². The van der Waals surface area contributed by atoms with E-state index in [1.807, 2.05) is 13.8 Å². The summed E-state index contributed by atoms with van der Waals surface area (Å²) < 4.78 is 4.26. The summed E-state index contributed by atoms with van der Waals surface area (Å²) in [5.41, 5.74) is -0.861. The lowest BCUT2D eigenvalue weighted by atomic mass is 9.77. The molecule has 0 saturated heterocycles. The summed E-state index contributed by atoms with van der Waals surface area (Å²) in [6.45, 7) is 6.23. The molecule has 0 bridgehead atoms. The van der Waals surface area contributed by atoms with Gasteiger partial charge in [-0.05, 0) is 31.6 Å². The van der Waals surface area contributed by atoms with Crippen LogP contribution in [0.5, 0.6) is 0 Å². The van der Waals surface area contributed by atoms with Gasteiger partial charge in [-0.3, -0.25) is 0 Å². The average Bonchev–Trinajstić information content (AvgIpc) is 2.80. The topological polar surface area (TPSA) is 75.1 Å². The van der Waals surface area contributed by atoms with Crippen LogP contribution in [0.4, 0.5) is 5.13 Å². The van der Waals surface area contributed by atoms with Crippen molar-refractivity contribution in [2.24, 2.45) is 5.92 Å². The van der Waals surface area contributed by atoms with Gasteiger partial charge in [0.05, 0.1) is 0 Å². The first-order valence-electron chi connectivity index (χ1n) is 6.78. The van der Waals surface area contributed by atoms with E-state index in [1.165, 1.54) is 11.5 Å². The average molecular weight is 283 g/mol. The molecule has 0 radical (unpaired) electrons. The second kappa shape index (κ2) is 5.45. The van der Waals surface area contributed by atoms with Crippen molar-refractivity contribution < 1.29 is 9.90 Å². The lowest BCUT2D eigenvalue weighted by Crippen LogP contribution is -2.48. The highest BCUT2D eigenvalue weighted by molar-refractivity contribution is 7.09. The van der Waals surface area contributed by atoms with Crippen molar-refractivity contribution in [1.29, 1.82) is 0 Å². The summed E-state index contributed by atoms with van der Waals surface area (Å²) in [6.07, 6.45) is 3.18. The first-order valence-corrected chi connectivity index (χ1v) is 7.55. The number of carbonyl (C=O) groups is 1. The van der Waals surface area contributed by atoms with Crippen molar-refractivity contribution in [2.45, 2.75) is 57.9 Å². The van der Waals surface area contributed by atoms with E-state index < -0.39 is 11.5 Å². The largest absolute Gasteiger partial charge is 0.480 e. The Morgan fingerprint density at radius 2 is 2.11 bits per heavy atom. The van der Waals surface area contributed by atoms with Crippen LogP contribution in [0.1, 0.15) is 58.2 Å². The number of hydrogen-bond donors (Lipinski definition) is 2. The van der Waals surface area contributed by atoms with Crippen LogP contribution in [-0.2, 0) is 4.79 Å². The van der Waals surface area contributed by atoms with Crippen LogP contribution < -0.4 is 5.32 Å². The summed E-state index contributed by atoms with van der Waals surface area (Å²) in [4.78, 5) is 16.0. The van der Waals surface area contributed by atoms with Crippen molar-refractivity contribution in [3.63, 3.8) is 0 Å². The molecule has 1 aliphatic carbocycles. The molecule has 1 aliphatic rings. The second-order valence-corrected chi connectivity index (χ2v) is 6.56. The molecule has 0 atom stereocenters. The fraction of sp³-hybridized carbons (Fsp3) is 0.769. The summed E-state index contributed by atoms with van der Waals surface area (Å²) in [5, 5.41) is 13.3. The van der Waals surface area contributed by atoms with Crippen molar-refractivity contribution in [3.05, 3.63) is 5.82 Å². The van der Waals surface area contributed by atoms with Crippen LogP contribution in [0, 0.1) is 5.92 Å². The van der Waals surface area contributed by atoms with E-state index in [1.54, 1.807) is 0 Å². The molecule has 6 heteroatoms. The predicted octanol–water partition coefficient (Wildman–Crippen LogP) is 3.11. The molecule has 19 heavy (non-hydrogen) atoms. The molecule has 0 aliphatic heterocycles. The predicted molar refractivity (Wildman–Crippen MR) is 75.6 cm³/mol. The van der Waals surface area contributed by atoms with Crippen molar-refractivity contribution in [1.82, 2.24) is 9.36 Å². The number of carboxylic acid groups (broad SMARTS) is 1. The Morgan fingerprint density at radius 1 is 1.47 bits per heavy atom. The van der Waals surface area contributed by atoms with Crippen molar-refractivity contribution in [3.8, 4) is 0 Å². The van der Waals surface area contributed by atoms with E-state index in [4.69, 9.17) is 0 Å². The van der Waals surface area contributed by atoms with E-state index >= 15 is 0 Å². The third kappa shape index (κ3) is 3.05. The van der Waals surface area contributed by atoms with Gasteiger partial charge in [-0.2, -0.15) is 4.37 Å². The quantitative estimate of drug-likeness (QED) is 0.888. The van der Waals surface area contributed by atoms with Crippen LogP contribution in [0.25, 0.3) is 0 Å². The van der Waals surface area contributed by atoms with Crippen LogP contribution >= 0.6 is 11.5 Å². The molecule has 0 unspecified atom stereocenters. The number of rotatable bonds is 4. The van der Waals surface area contributed by atoms with Gasteiger partial charge < -0.3 is 10.4 Å². The summed E-state index contributed by atoms with van der Waals surface area (Å²) >= 11 is 1.25.